The van der Waals surface area contributed by atoms with Crippen molar-refractivity contribution in [2.24, 2.45) is 17.5 Å². The number of aromatic nitrogens is 2. The molecule has 0 fully saturated rings. The van der Waals surface area contributed by atoms with Crippen molar-refractivity contribution < 1.29 is 4.79 Å². The summed E-state index contributed by atoms with van der Waals surface area (Å²) in [4.78, 5) is 18.3. The Bertz CT molecular complexity index is 588. The fraction of sp³-hybridized carbons (Fsp3) is 0.706. The average Bonchev–Trinajstić information content (AvgIpc) is 2.87. The van der Waals surface area contributed by atoms with Crippen LogP contribution >= 0.6 is 0 Å². The molecular weight excluding hydrogens is 304 g/mol. The van der Waals surface area contributed by atoms with E-state index in [2.05, 4.69) is 34.6 Å². The third-order valence-corrected chi connectivity index (χ3v) is 4.00. The second-order valence-electron chi connectivity index (χ2n) is 7.09. The number of rotatable bonds is 6. The summed E-state index contributed by atoms with van der Waals surface area (Å²) in [7, 11) is 7.33. The van der Waals surface area contributed by atoms with Gasteiger partial charge in [0, 0.05) is 53.0 Å². The van der Waals surface area contributed by atoms with Crippen molar-refractivity contribution in [2.45, 2.75) is 40.2 Å². The summed E-state index contributed by atoms with van der Waals surface area (Å²) in [5.41, 5.74) is 1.78. The van der Waals surface area contributed by atoms with Crippen LogP contribution in [0, 0.1) is 5.41 Å². The monoisotopic (exact) mass is 336 g/mol. The van der Waals surface area contributed by atoms with Gasteiger partial charge in [-0.2, -0.15) is 5.10 Å². The fourth-order valence-corrected chi connectivity index (χ4v) is 2.60. The maximum absolute atomic E-state index is 11.9. The zero-order valence-corrected chi connectivity index (χ0v) is 16.3. The first-order valence-corrected chi connectivity index (χ1v) is 8.28. The van der Waals surface area contributed by atoms with Gasteiger partial charge >= 0.3 is 0 Å². The summed E-state index contributed by atoms with van der Waals surface area (Å²) in [5, 5.41) is 10.5. The van der Waals surface area contributed by atoms with Crippen LogP contribution in [0.15, 0.2) is 11.2 Å². The third-order valence-electron chi connectivity index (χ3n) is 4.00. The summed E-state index contributed by atoms with van der Waals surface area (Å²) in [6.45, 7) is 9.32. The maximum atomic E-state index is 11.9. The van der Waals surface area contributed by atoms with E-state index in [4.69, 9.17) is 0 Å². The fourth-order valence-electron chi connectivity index (χ4n) is 2.60. The van der Waals surface area contributed by atoms with Crippen LogP contribution in [0.5, 0.6) is 0 Å². The number of aryl methyl sites for hydroxylation is 1. The molecule has 1 amide bonds. The van der Waals surface area contributed by atoms with E-state index in [1.165, 1.54) is 5.56 Å². The van der Waals surface area contributed by atoms with Gasteiger partial charge in [0.05, 0.1) is 11.1 Å². The van der Waals surface area contributed by atoms with Gasteiger partial charge in [0.1, 0.15) is 0 Å². The van der Waals surface area contributed by atoms with E-state index in [9.17, 15) is 4.79 Å². The van der Waals surface area contributed by atoms with Gasteiger partial charge in [-0.25, -0.2) is 0 Å². The van der Waals surface area contributed by atoms with Crippen molar-refractivity contribution in [3.63, 3.8) is 0 Å². The molecule has 7 heteroatoms. The van der Waals surface area contributed by atoms with Gasteiger partial charge in [0.15, 0.2) is 5.96 Å². The van der Waals surface area contributed by atoms with Crippen LogP contribution in [-0.4, -0.2) is 54.2 Å². The molecule has 24 heavy (non-hydrogen) atoms. The van der Waals surface area contributed by atoms with Crippen molar-refractivity contribution in [1.29, 1.82) is 0 Å². The van der Waals surface area contributed by atoms with Crippen molar-refractivity contribution in [2.75, 3.05) is 27.7 Å². The van der Waals surface area contributed by atoms with E-state index < -0.39 is 5.41 Å². The van der Waals surface area contributed by atoms with E-state index in [0.29, 0.717) is 19.0 Å². The molecule has 0 aliphatic heterocycles. The summed E-state index contributed by atoms with van der Waals surface area (Å²) in [6.07, 6.45) is 2.05. The first-order valence-electron chi connectivity index (χ1n) is 8.28. The molecule has 0 atom stereocenters. The SMILES string of the molecule is CN=C(NCC(C)(C)C(=O)NC)N(C)Cc1cn(C)nc1C(C)C. The minimum atomic E-state index is -0.511. The van der Waals surface area contributed by atoms with E-state index in [1.807, 2.05) is 43.7 Å². The van der Waals surface area contributed by atoms with Gasteiger partial charge in [-0.15, -0.1) is 0 Å². The molecule has 1 heterocycles. The highest BCUT2D eigenvalue weighted by Crippen LogP contribution is 2.19. The van der Waals surface area contributed by atoms with Gasteiger partial charge < -0.3 is 15.5 Å². The molecule has 2 N–H and O–H groups in total. The van der Waals surface area contributed by atoms with E-state index >= 15 is 0 Å². The predicted molar refractivity (Wildman–Crippen MR) is 98.0 cm³/mol. The highest BCUT2D eigenvalue weighted by atomic mass is 16.2. The van der Waals surface area contributed by atoms with Crippen LogP contribution in [0.2, 0.25) is 0 Å². The first kappa shape index (κ1) is 20.0. The molecule has 0 aliphatic rings. The largest absolute Gasteiger partial charge is 0.359 e. The van der Waals surface area contributed by atoms with Crippen LogP contribution in [0.4, 0.5) is 0 Å². The van der Waals surface area contributed by atoms with Crippen LogP contribution < -0.4 is 10.6 Å². The van der Waals surface area contributed by atoms with Gasteiger partial charge in [-0.05, 0) is 19.8 Å². The molecule has 136 valence electrons. The summed E-state index contributed by atoms with van der Waals surface area (Å²) in [5.74, 6) is 1.13. The zero-order chi connectivity index (χ0) is 18.5. The van der Waals surface area contributed by atoms with Crippen LogP contribution in [0.1, 0.15) is 44.9 Å². The van der Waals surface area contributed by atoms with Crippen molar-refractivity contribution in [1.82, 2.24) is 25.3 Å². The minimum Gasteiger partial charge on any atom is -0.359 e. The number of carbonyl (C=O) groups is 1. The molecule has 0 radical (unpaired) electrons. The number of aliphatic imine (C=N–C) groups is 1. The van der Waals surface area contributed by atoms with Gasteiger partial charge in [0.2, 0.25) is 5.91 Å². The second-order valence-corrected chi connectivity index (χ2v) is 7.09. The van der Waals surface area contributed by atoms with Gasteiger partial charge in [-0.1, -0.05) is 13.8 Å². The Morgan fingerprint density at radius 2 is 2.08 bits per heavy atom. The highest BCUT2D eigenvalue weighted by molar-refractivity contribution is 5.84. The number of nitrogens with zero attached hydrogens (tertiary/aromatic N) is 4. The lowest BCUT2D eigenvalue weighted by molar-refractivity contribution is -0.128. The molecule has 1 aromatic heterocycles. The average molecular weight is 336 g/mol. The van der Waals surface area contributed by atoms with Crippen LogP contribution in [0.3, 0.4) is 0 Å². The van der Waals surface area contributed by atoms with Gasteiger partial charge in [0.25, 0.3) is 0 Å². The maximum Gasteiger partial charge on any atom is 0.227 e. The molecule has 0 saturated heterocycles. The first-order chi connectivity index (χ1) is 11.1. The quantitative estimate of drug-likeness (QED) is 0.607. The Labute approximate surface area is 145 Å². The summed E-state index contributed by atoms with van der Waals surface area (Å²) in [6, 6.07) is 0. The van der Waals surface area contributed by atoms with Gasteiger partial charge in [-0.3, -0.25) is 14.5 Å². The zero-order valence-electron chi connectivity index (χ0n) is 16.3. The summed E-state index contributed by atoms with van der Waals surface area (Å²) >= 11 is 0. The lowest BCUT2D eigenvalue weighted by atomic mass is 9.92. The number of guanidine groups is 1. The van der Waals surface area contributed by atoms with E-state index in [0.717, 1.165) is 11.7 Å². The topological polar surface area (TPSA) is 74.6 Å². The molecule has 0 unspecified atom stereocenters. The van der Waals surface area contributed by atoms with Crippen molar-refractivity contribution in [3.8, 4) is 0 Å². The Kier molecular flexibility index (Phi) is 6.81. The molecule has 0 spiro atoms. The molecule has 0 bridgehead atoms. The molecule has 0 saturated carbocycles. The number of amides is 1. The highest BCUT2D eigenvalue weighted by Gasteiger charge is 2.27. The molecule has 1 rings (SSSR count). The normalized spacial score (nSPS) is 12.5. The molecule has 1 aromatic rings. The van der Waals surface area contributed by atoms with Crippen molar-refractivity contribution in [3.05, 3.63) is 17.5 Å². The number of hydrogen-bond donors (Lipinski definition) is 2. The lowest BCUT2D eigenvalue weighted by Crippen LogP contribution is -2.47. The Morgan fingerprint density at radius 1 is 1.46 bits per heavy atom. The minimum absolute atomic E-state index is 0.00228. The Morgan fingerprint density at radius 3 is 2.58 bits per heavy atom. The van der Waals surface area contributed by atoms with E-state index in [1.54, 1.807) is 14.1 Å². The molecular formula is C17H32N6O. The van der Waals surface area contributed by atoms with Crippen molar-refractivity contribution >= 4 is 11.9 Å². The smallest absolute Gasteiger partial charge is 0.227 e. The Balaban J connectivity index is 2.78. The number of carbonyl (C=O) groups excluding carboxylic acids is 1. The van der Waals surface area contributed by atoms with Crippen LogP contribution in [0.25, 0.3) is 0 Å². The number of hydrogen-bond acceptors (Lipinski definition) is 3. The predicted octanol–water partition coefficient (Wildman–Crippen LogP) is 1.32. The molecule has 7 nitrogen and oxygen atoms in total. The summed E-state index contributed by atoms with van der Waals surface area (Å²) < 4.78 is 1.85. The molecule has 0 aliphatic carbocycles. The van der Waals surface area contributed by atoms with Crippen LogP contribution in [-0.2, 0) is 18.4 Å². The number of nitrogens with one attached hydrogen (secondary N) is 2. The Hall–Kier alpha value is -2.05. The third kappa shape index (κ3) is 4.97. The lowest BCUT2D eigenvalue weighted by Gasteiger charge is -2.27. The molecule has 0 aromatic carbocycles. The standard InChI is InChI=1S/C17H32N6O/c1-12(2)14-13(10-23(8)21-14)9-22(7)16(19-6)20-11-17(3,4)15(24)18-5/h10,12H,9,11H2,1-8H3,(H,18,24)(H,19,20). The second kappa shape index (κ2) is 8.17. The van der Waals surface area contributed by atoms with E-state index in [-0.39, 0.29) is 5.91 Å².